The van der Waals surface area contributed by atoms with Gasteiger partial charge in [-0.1, -0.05) is 68.1 Å². The van der Waals surface area contributed by atoms with Gasteiger partial charge in [-0.2, -0.15) is 0 Å². The van der Waals surface area contributed by atoms with Gasteiger partial charge < -0.3 is 10.1 Å². The van der Waals surface area contributed by atoms with E-state index >= 15 is 0 Å². The van der Waals surface area contributed by atoms with Gasteiger partial charge in [0.1, 0.15) is 18.2 Å². The first-order chi connectivity index (χ1) is 14.7. The number of ether oxygens (including phenoxy) is 1. The summed E-state index contributed by atoms with van der Waals surface area (Å²) in [6.45, 7) is 5.54. The maximum atomic E-state index is 13.1. The smallest absolute Gasteiger partial charge is 0.196 e. The van der Waals surface area contributed by atoms with Crippen LogP contribution in [0.3, 0.4) is 0 Å². The number of carbonyl (C=O) groups is 1. The minimum atomic E-state index is -0.0556. The number of hydrogen-bond acceptors (Lipinski definition) is 4. The van der Waals surface area contributed by atoms with Gasteiger partial charge in [-0.3, -0.25) is 4.79 Å². The lowest BCUT2D eigenvalue weighted by Crippen LogP contribution is -2.10. The monoisotopic (exact) mass is 402 g/mol. The fourth-order valence-corrected chi connectivity index (χ4v) is 3.22. The number of nitrogens with zero attached hydrogens (tertiary/aromatic N) is 1. The van der Waals surface area contributed by atoms with Crippen LogP contribution < -0.4 is 10.1 Å². The van der Waals surface area contributed by atoms with Crippen LogP contribution in [-0.2, 0) is 6.61 Å². The van der Waals surface area contributed by atoms with E-state index < -0.39 is 0 Å². The largest absolute Gasteiger partial charge is 0.489 e. The molecule has 4 heteroatoms. The lowest BCUT2D eigenvalue weighted by atomic mass is 10.0. The van der Waals surface area contributed by atoms with Crippen LogP contribution >= 0.6 is 0 Å². The number of hydrogen-bond donors (Lipinski definition) is 1. The number of rotatable bonds is 11. The second-order valence-electron chi connectivity index (χ2n) is 7.52. The van der Waals surface area contributed by atoms with Crippen molar-refractivity contribution in [2.75, 3.05) is 11.9 Å². The minimum Gasteiger partial charge on any atom is -0.489 e. The van der Waals surface area contributed by atoms with Crippen molar-refractivity contribution in [1.82, 2.24) is 4.98 Å². The lowest BCUT2D eigenvalue weighted by Gasteiger charge is -2.11. The Bertz CT molecular complexity index is 951. The van der Waals surface area contributed by atoms with Crippen LogP contribution in [0.25, 0.3) is 0 Å². The molecule has 0 bridgehead atoms. The van der Waals surface area contributed by atoms with Crippen LogP contribution in [0.4, 0.5) is 5.82 Å². The normalized spacial score (nSPS) is 10.6. The summed E-state index contributed by atoms with van der Waals surface area (Å²) in [4.78, 5) is 17.5. The molecule has 0 amide bonds. The third-order valence-corrected chi connectivity index (χ3v) is 5.00. The summed E-state index contributed by atoms with van der Waals surface area (Å²) in [5.74, 6) is 1.27. The second kappa shape index (κ2) is 11.1. The average Bonchev–Trinajstić information content (AvgIpc) is 2.78. The fraction of sp³-hybridized carbons (Fsp3) is 0.308. The highest BCUT2D eigenvalue weighted by molar-refractivity contribution is 6.12. The van der Waals surface area contributed by atoms with Crippen molar-refractivity contribution in [1.29, 1.82) is 0 Å². The van der Waals surface area contributed by atoms with Gasteiger partial charge in [0.2, 0.25) is 0 Å². The molecule has 0 spiro atoms. The zero-order chi connectivity index (χ0) is 21.2. The molecular formula is C26H30N2O2. The standard InChI is InChI=1S/C26H30N2O2/c1-3-4-5-6-16-27-26-24(11-8-17-28-26)25(29)22-9-7-10-23(18-22)30-19-21-14-12-20(2)13-15-21/h7-15,17-18H,3-6,16,19H2,1-2H3,(H,27,28). The summed E-state index contributed by atoms with van der Waals surface area (Å²) >= 11 is 0. The quantitative estimate of drug-likeness (QED) is 0.307. The first-order valence-electron chi connectivity index (χ1n) is 10.7. The first-order valence-corrected chi connectivity index (χ1v) is 10.7. The van der Waals surface area contributed by atoms with Gasteiger partial charge in [0, 0.05) is 18.3 Å². The molecule has 1 heterocycles. The molecule has 0 saturated carbocycles. The van der Waals surface area contributed by atoms with Gasteiger partial charge in [0.25, 0.3) is 0 Å². The Kier molecular flexibility index (Phi) is 8.02. The Morgan fingerprint density at radius 3 is 2.63 bits per heavy atom. The number of anilines is 1. The Balaban J connectivity index is 1.66. The van der Waals surface area contributed by atoms with E-state index in [-0.39, 0.29) is 5.78 Å². The van der Waals surface area contributed by atoms with Gasteiger partial charge in [-0.15, -0.1) is 0 Å². The highest BCUT2D eigenvalue weighted by Crippen LogP contribution is 2.21. The van der Waals surface area contributed by atoms with Crippen LogP contribution in [0.5, 0.6) is 5.75 Å². The number of aromatic nitrogens is 1. The maximum absolute atomic E-state index is 13.1. The SMILES string of the molecule is CCCCCCNc1ncccc1C(=O)c1cccc(OCc2ccc(C)cc2)c1. The van der Waals surface area contributed by atoms with Crippen molar-refractivity contribution in [3.8, 4) is 5.75 Å². The van der Waals surface area contributed by atoms with Crippen LogP contribution in [0.2, 0.25) is 0 Å². The molecule has 1 aromatic heterocycles. The molecule has 0 unspecified atom stereocenters. The molecule has 156 valence electrons. The Morgan fingerprint density at radius 1 is 1.00 bits per heavy atom. The van der Waals surface area contributed by atoms with E-state index in [1.165, 1.54) is 24.8 Å². The van der Waals surface area contributed by atoms with Gasteiger partial charge in [-0.05, 0) is 43.2 Å². The summed E-state index contributed by atoms with van der Waals surface area (Å²) < 4.78 is 5.91. The van der Waals surface area contributed by atoms with Crippen molar-refractivity contribution in [2.24, 2.45) is 0 Å². The Hall–Kier alpha value is -3.14. The predicted octanol–water partition coefficient (Wildman–Crippen LogP) is 6.19. The van der Waals surface area contributed by atoms with Crippen molar-refractivity contribution in [3.05, 3.63) is 89.1 Å². The van der Waals surface area contributed by atoms with Crippen molar-refractivity contribution >= 4 is 11.6 Å². The Morgan fingerprint density at radius 2 is 1.83 bits per heavy atom. The zero-order valence-corrected chi connectivity index (χ0v) is 17.9. The molecule has 0 saturated heterocycles. The molecule has 0 aliphatic carbocycles. The fourth-order valence-electron chi connectivity index (χ4n) is 3.22. The second-order valence-corrected chi connectivity index (χ2v) is 7.52. The predicted molar refractivity (Wildman–Crippen MR) is 122 cm³/mol. The van der Waals surface area contributed by atoms with Gasteiger partial charge in [-0.25, -0.2) is 4.98 Å². The molecule has 0 fully saturated rings. The van der Waals surface area contributed by atoms with E-state index in [0.717, 1.165) is 18.5 Å². The number of pyridine rings is 1. The van der Waals surface area contributed by atoms with Crippen LogP contribution in [0, 0.1) is 6.92 Å². The number of ketones is 1. The number of unbranched alkanes of at least 4 members (excludes halogenated alkanes) is 3. The molecule has 0 aliphatic heterocycles. The minimum absolute atomic E-state index is 0.0556. The van der Waals surface area contributed by atoms with E-state index in [1.807, 2.05) is 24.3 Å². The van der Waals surface area contributed by atoms with Gasteiger partial charge in [0.05, 0.1) is 5.56 Å². The highest BCUT2D eigenvalue weighted by atomic mass is 16.5. The van der Waals surface area contributed by atoms with Gasteiger partial charge >= 0.3 is 0 Å². The summed E-state index contributed by atoms with van der Waals surface area (Å²) in [5, 5.41) is 3.33. The molecule has 4 nitrogen and oxygen atoms in total. The molecule has 1 N–H and O–H groups in total. The van der Waals surface area contributed by atoms with Crippen molar-refractivity contribution < 1.29 is 9.53 Å². The molecule has 0 radical (unpaired) electrons. The Labute approximate surface area is 179 Å². The topological polar surface area (TPSA) is 51.2 Å². The summed E-state index contributed by atoms with van der Waals surface area (Å²) in [7, 11) is 0. The summed E-state index contributed by atoms with van der Waals surface area (Å²) in [6, 6.07) is 19.2. The van der Waals surface area contributed by atoms with E-state index in [9.17, 15) is 4.79 Å². The van der Waals surface area contributed by atoms with E-state index in [4.69, 9.17) is 4.74 Å². The van der Waals surface area contributed by atoms with Crippen molar-refractivity contribution in [2.45, 2.75) is 46.1 Å². The molecule has 30 heavy (non-hydrogen) atoms. The van der Waals surface area contributed by atoms with Gasteiger partial charge in [0.15, 0.2) is 5.78 Å². The number of aryl methyl sites for hydroxylation is 1. The molecular weight excluding hydrogens is 372 g/mol. The van der Waals surface area contributed by atoms with Crippen LogP contribution in [0.15, 0.2) is 66.9 Å². The number of carbonyl (C=O) groups excluding carboxylic acids is 1. The zero-order valence-electron chi connectivity index (χ0n) is 17.9. The summed E-state index contributed by atoms with van der Waals surface area (Å²) in [5.41, 5.74) is 3.50. The third kappa shape index (κ3) is 6.18. The number of benzene rings is 2. The maximum Gasteiger partial charge on any atom is 0.196 e. The average molecular weight is 403 g/mol. The molecule has 0 atom stereocenters. The molecule has 2 aromatic carbocycles. The van der Waals surface area contributed by atoms with E-state index in [1.54, 1.807) is 18.3 Å². The summed E-state index contributed by atoms with van der Waals surface area (Å²) in [6.07, 6.45) is 6.40. The van der Waals surface area contributed by atoms with Crippen LogP contribution in [0.1, 0.15) is 59.7 Å². The van der Waals surface area contributed by atoms with Crippen molar-refractivity contribution in [3.63, 3.8) is 0 Å². The van der Waals surface area contributed by atoms with E-state index in [2.05, 4.69) is 48.4 Å². The van der Waals surface area contributed by atoms with E-state index in [0.29, 0.717) is 29.3 Å². The molecule has 0 aliphatic rings. The first kappa shape index (κ1) is 21.6. The molecule has 3 aromatic rings. The number of nitrogens with one attached hydrogen (secondary N) is 1. The highest BCUT2D eigenvalue weighted by Gasteiger charge is 2.15. The molecule has 3 rings (SSSR count). The third-order valence-electron chi connectivity index (χ3n) is 5.00. The lowest BCUT2D eigenvalue weighted by molar-refractivity contribution is 0.103. The van der Waals surface area contributed by atoms with Crippen LogP contribution in [-0.4, -0.2) is 17.3 Å².